The molecule has 0 bridgehead atoms. The maximum atomic E-state index is 13.9. The molecule has 1 saturated heterocycles. The molecular weight excluding hydrogens is 416 g/mol. The number of allylic oxidation sites excluding steroid dienone is 2. The van der Waals surface area contributed by atoms with Crippen LogP contribution in [0.3, 0.4) is 0 Å². The van der Waals surface area contributed by atoms with Gasteiger partial charge in [0.15, 0.2) is 0 Å². The molecule has 3 fully saturated rings. The van der Waals surface area contributed by atoms with Gasteiger partial charge in [-0.15, -0.1) is 0 Å². The summed E-state index contributed by atoms with van der Waals surface area (Å²) >= 11 is 0. The van der Waals surface area contributed by atoms with E-state index in [2.05, 4.69) is 31.2 Å². The van der Waals surface area contributed by atoms with E-state index in [9.17, 15) is 17.6 Å². The first-order valence-electron chi connectivity index (χ1n) is 12.4. The zero-order valence-corrected chi connectivity index (χ0v) is 19.0. The minimum atomic E-state index is -4.58. The molecule has 1 aliphatic heterocycles. The summed E-state index contributed by atoms with van der Waals surface area (Å²) in [5, 5.41) is 0. The van der Waals surface area contributed by atoms with Crippen LogP contribution < -0.4 is 0 Å². The maximum absolute atomic E-state index is 13.9. The van der Waals surface area contributed by atoms with Crippen molar-refractivity contribution in [3.8, 4) is 0 Å². The van der Waals surface area contributed by atoms with E-state index in [1.54, 1.807) is 0 Å². The van der Waals surface area contributed by atoms with Gasteiger partial charge in [-0.25, -0.2) is 4.39 Å². The SMILES string of the molecule is CC1CCC(C2CCC(c3ccc(C4CCC(/C(F)=C/C(F)(F)F)CC4)cc3)OC2)CC1. The van der Waals surface area contributed by atoms with Crippen LogP contribution in [0.5, 0.6) is 0 Å². The van der Waals surface area contributed by atoms with Crippen LogP contribution in [-0.2, 0) is 4.74 Å². The molecule has 2 unspecified atom stereocenters. The third-order valence-corrected chi connectivity index (χ3v) is 8.24. The molecule has 0 aromatic heterocycles. The average Bonchev–Trinajstić information content (AvgIpc) is 2.79. The standard InChI is InChI=1S/C27H36F4O/c1-18-2-4-21(5-3-18)24-14-15-26(32-17-24)23-12-8-20(9-13-23)19-6-10-22(11-7-19)25(28)16-27(29,30)31/h8-9,12-13,16,18-19,21-22,24,26H,2-7,10-11,14-15,17H2,1H3/b25-16-. The lowest BCUT2D eigenvalue weighted by molar-refractivity contribution is -0.0820. The van der Waals surface area contributed by atoms with E-state index in [0.717, 1.165) is 37.7 Å². The summed E-state index contributed by atoms with van der Waals surface area (Å²) in [6.07, 6.45) is 5.56. The molecule has 32 heavy (non-hydrogen) atoms. The van der Waals surface area contributed by atoms with Gasteiger partial charge in [-0.3, -0.25) is 0 Å². The summed E-state index contributed by atoms with van der Waals surface area (Å²) in [5.41, 5.74) is 2.43. The summed E-state index contributed by atoms with van der Waals surface area (Å²) in [6.45, 7) is 3.23. The Morgan fingerprint density at radius 2 is 1.41 bits per heavy atom. The topological polar surface area (TPSA) is 9.23 Å². The summed E-state index contributed by atoms with van der Waals surface area (Å²) < 4.78 is 57.3. The van der Waals surface area contributed by atoms with E-state index >= 15 is 0 Å². The van der Waals surface area contributed by atoms with Crippen LogP contribution in [0.2, 0.25) is 0 Å². The van der Waals surface area contributed by atoms with Crippen LogP contribution >= 0.6 is 0 Å². The van der Waals surface area contributed by atoms with E-state index in [1.165, 1.54) is 43.2 Å². The molecule has 1 aromatic carbocycles. The highest BCUT2D eigenvalue weighted by Crippen LogP contribution is 2.42. The van der Waals surface area contributed by atoms with Crippen LogP contribution in [0.25, 0.3) is 0 Å². The minimum Gasteiger partial charge on any atom is -0.373 e. The molecule has 2 aliphatic carbocycles. The second-order valence-electron chi connectivity index (χ2n) is 10.5. The van der Waals surface area contributed by atoms with Crippen LogP contribution in [0.1, 0.15) is 94.3 Å². The Labute approximate surface area is 189 Å². The number of hydrogen-bond acceptors (Lipinski definition) is 1. The van der Waals surface area contributed by atoms with Crippen molar-refractivity contribution in [2.45, 2.75) is 89.3 Å². The average molecular weight is 453 g/mol. The first kappa shape index (κ1) is 23.8. The van der Waals surface area contributed by atoms with Crippen molar-refractivity contribution in [2.75, 3.05) is 6.61 Å². The van der Waals surface area contributed by atoms with Crippen LogP contribution in [0.15, 0.2) is 36.2 Å². The van der Waals surface area contributed by atoms with Gasteiger partial charge < -0.3 is 4.74 Å². The molecule has 2 saturated carbocycles. The molecule has 1 heterocycles. The molecule has 0 amide bonds. The normalized spacial score (nSPS) is 35.0. The van der Waals surface area contributed by atoms with Crippen molar-refractivity contribution in [3.63, 3.8) is 0 Å². The van der Waals surface area contributed by atoms with Gasteiger partial charge >= 0.3 is 6.18 Å². The first-order valence-corrected chi connectivity index (χ1v) is 12.4. The van der Waals surface area contributed by atoms with Gasteiger partial charge in [0.2, 0.25) is 0 Å². The van der Waals surface area contributed by atoms with Crippen molar-refractivity contribution < 1.29 is 22.3 Å². The summed E-state index contributed by atoms with van der Waals surface area (Å²) in [6, 6.07) is 8.58. The maximum Gasteiger partial charge on any atom is 0.412 e. The molecule has 5 heteroatoms. The van der Waals surface area contributed by atoms with Crippen molar-refractivity contribution in [3.05, 3.63) is 47.3 Å². The number of rotatable bonds is 4. The Morgan fingerprint density at radius 1 is 0.812 bits per heavy atom. The fourth-order valence-electron chi connectivity index (χ4n) is 6.12. The summed E-state index contributed by atoms with van der Waals surface area (Å²) in [4.78, 5) is 0. The third kappa shape index (κ3) is 6.15. The van der Waals surface area contributed by atoms with Gasteiger partial charge in [-0.2, -0.15) is 13.2 Å². The highest BCUT2D eigenvalue weighted by atomic mass is 19.4. The zero-order chi connectivity index (χ0) is 22.7. The Hall–Kier alpha value is -1.36. The molecule has 0 spiro atoms. The largest absolute Gasteiger partial charge is 0.412 e. The van der Waals surface area contributed by atoms with Crippen molar-refractivity contribution in [2.24, 2.45) is 23.7 Å². The van der Waals surface area contributed by atoms with E-state index in [1.807, 2.05) is 0 Å². The number of halogens is 4. The van der Waals surface area contributed by atoms with Gasteiger partial charge in [0.25, 0.3) is 0 Å². The Morgan fingerprint density at radius 3 is 1.97 bits per heavy atom. The molecule has 0 radical (unpaired) electrons. The van der Waals surface area contributed by atoms with Crippen LogP contribution in [-0.4, -0.2) is 12.8 Å². The Bertz CT molecular complexity index is 745. The van der Waals surface area contributed by atoms with Crippen molar-refractivity contribution in [1.29, 1.82) is 0 Å². The second-order valence-corrected chi connectivity index (χ2v) is 10.5. The minimum absolute atomic E-state index is 0.167. The third-order valence-electron chi connectivity index (χ3n) is 8.24. The monoisotopic (exact) mass is 452 g/mol. The number of ether oxygens (including phenoxy) is 1. The lowest BCUT2D eigenvalue weighted by atomic mass is 9.74. The van der Waals surface area contributed by atoms with Gasteiger partial charge in [0.1, 0.15) is 5.83 Å². The zero-order valence-electron chi connectivity index (χ0n) is 19.0. The first-order chi connectivity index (χ1) is 15.3. The number of hydrogen-bond donors (Lipinski definition) is 0. The van der Waals surface area contributed by atoms with E-state index < -0.39 is 17.9 Å². The second kappa shape index (κ2) is 10.3. The van der Waals surface area contributed by atoms with Gasteiger partial charge in [-0.1, -0.05) is 44.0 Å². The van der Waals surface area contributed by atoms with E-state index in [4.69, 9.17) is 4.74 Å². The molecule has 2 atom stereocenters. The van der Waals surface area contributed by atoms with Crippen molar-refractivity contribution >= 4 is 0 Å². The molecule has 178 valence electrons. The van der Waals surface area contributed by atoms with Gasteiger partial charge in [-0.05, 0) is 86.2 Å². The fraction of sp³-hybridized carbons (Fsp3) is 0.704. The smallest absolute Gasteiger partial charge is 0.373 e. The molecule has 0 N–H and O–H groups in total. The quantitative estimate of drug-likeness (QED) is 0.415. The van der Waals surface area contributed by atoms with E-state index in [0.29, 0.717) is 24.7 Å². The van der Waals surface area contributed by atoms with Crippen LogP contribution in [0, 0.1) is 23.7 Å². The summed E-state index contributed by atoms with van der Waals surface area (Å²) in [5.74, 6) is 1.11. The number of benzene rings is 1. The summed E-state index contributed by atoms with van der Waals surface area (Å²) in [7, 11) is 0. The fourth-order valence-corrected chi connectivity index (χ4v) is 6.12. The lowest BCUT2D eigenvalue weighted by Crippen LogP contribution is -2.29. The molecule has 3 aliphatic rings. The highest BCUT2D eigenvalue weighted by molar-refractivity contribution is 5.27. The van der Waals surface area contributed by atoms with E-state index in [-0.39, 0.29) is 12.2 Å². The van der Waals surface area contributed by atoms with Gasteiger partial charge in [0, 0.05) is 5.92 Å². The van der Waals surface area contributed by atoms with Gasteiger partial charge in [0.05, 0.1) is 18.8 Å². The molecule has 1 aromatic rings. The lowest BCUT2D eigenvalue weighted by Gasteiger charge is -2.37. The van der Waals surface area contributed by atoms with Crippen molar-refractivity contribution in [1.82, 2.24) is 0 Å². The predicted molar refractivity (Wildman–Crippen MR) is 119 cm³/mol. The predicted octanol–water partition coefficient (Wildman–Crippen LogP) is 8.67. The Balaban J connectivity index is 1.26. The molecule has 4 rings (SSSR count). The highest BCUT2D eigenvalue weighted by Gasteiger charge is 2.32. The Kier molecular flexibility index (Phi) is 7.64. The molecule has 1 nitrogen and oxygen atoms in total. The number of alkyl halides is 3. The molecular formula is C27H36F4O. The van der Waals surface area contributed by atoms with Crippen LogP contribution in [0.4, 0.5) is 17.6 Å².